The van der Waals surface area contributed by atoms with Crippen molar-refractivity contribution in [1.82, 2.24) is 15.1 Å². The van der Waals surface area contributed by atoms with Crippen molar-refractivity contribution in [3.63, 3.8) is 0 Å². The van der Waals surface area contributed by atoms with Crippen LogP contribution in [0.4, 0.5) is 0 Å². The molecule has 0 radical (unpaired) electrons. The van der Waals surface area contributed by atoms with E-state index in [4.69, 9.17) is 9.84 Å². The maximum Gasteiger partial charge on any atom is 0.326 e. The third kappa shape index (κ3) is 4.99. The van der Waals surface area contributed by atoms with Gasteiger partial charge < -0.3 is 15.2 Å². The van der Waals surface area contributed by atoms with Crippen molar-refractivity contribution in [1.29, 1.82) is 0 Å². The molecule has 1 atom stereocenters. The zero-order valence-electron chi connectivity index (χ0n) is 12.0. The van der Waals surface area contributed by atoms with E-state index in [1.54, 1.807) is 0 Å². The summed E-state index contributed by atoms with van der Waals surface area (Å²) in [5.41, 5.74) is -0.361. The number of rotatable bonds is 8. The fourth-order valence-corrected chi connectivity index (χ4v) is 1.69. The molecule has 0 fully saturated rings. The van der Waals surface area contributed by atoms with Crippen molar-refractivity contribution >= 4 is 11.9 Å². The second-order valence-corrected chi connectivity index (χ2v) is 4.43. The molecule has 1 aromatic rings. The fourth-order valence-electron chi connectivity index (χ4n) is 1.69. The molecule has 0 aromatic carbocycles. The minimum absolute atomic E-state index is 0.00643. The van der Waals surface area contributed by atoms with E-state index in [2.05, 4.69) is 10.4 Å². The average Bonchev–Trinajstić information content (AvgIpc) is 2.45. The Morgan fingerprint density at radius 2 is 2.19 bits per heavy atom. The molecule has 1 rings (SSSR count). The van der Waals surface area contributed by atoms with Crippen LogP contribution in [0.5, 0.6) is 0 Å². The van der Waals surface area contributed by atoms with Gasteiger partial charge in [-0.2, -0.15) is 5.10 Å². The highest BCUT2D eigenvalue weighted by Gasteiger charge is 2.20. The Morgan fingerprint density at radius 3 is 2.76 bits per heavy atom. The first-order valence-electron chi connectivity index (χ1n) is 6.60. The molecule has 0 aliphatic carbocycles. The Bertz CT molecular complexity index is 555. The summed E-state index contributed by atoms with van der Waals surface area (Å²) in [6.07, 6.45) is 0.947. The number of carboxylic acids is 1. The van der Waals surface area contributed by atoms with Crippen LogP contribution < -0.4 is 10.9 Å². The summed E-state index contributed by atoms with van der Waals surface area (Å²) in [7, 11) is 1.49. The number of methoxy groups -OCH3 is 1. The van der Waals surface area contributed by atoms with Crippen LogP contribution in [0.25, 0.3) is 0 Å². The lowest BCUT2D eigenvalue weighted by Crippen LogP contribution is -2.41. The van der Waals surface area contributed by atoms with Gasteiger partial charge in [-0.25, -0.2) is 9.48 Å². The van der Waals surface area contributed by atoms with Crippen LogP contribution in [0, 0.1) is 0 Å². The number of carboxylic acid groups (broad SMARTS) is 1. The monoisotopic (exact) mass is 297 g/mol. The second-order valence-electron chi connectivity index (χ2n) is 4.43. The maximum absolute atomic E-state index is 12.0. The maximum atomic E-state index is 12.0. The topological polar surface area (TPSA) is 111 Å². The van der Waals surface area contributed by atoms with Crippen LogP contribution in [0.15, 0.2) is 16.9 Å². The van der Waals surface area contributed by atoms with Crippen molar-refractivity contribution in [2.24, 2.45) is 0 Å². The lowest BCUT2D eigenvalue weighted by atomic mass is 10.1. The number of carbonyl (C=O) groups is 2. The normalized spacial score (nSPS) is 11.9. The van der Waals surface area contributed by atoms with E-state index in [1.807, 2.05) is 6.92 Å². The number of carbonyl (C=O) groups excluding carboxylic acids is 1. The number of aliphatic carboxylic acids is 1. The largest absolute Gasteiger partial charge is 0.480 e. The van der Waals surface area contributed by atoms with Gasteiger partial charge in [0.05, 0.1) is 13.2 Å². The molecule has 1 aromatic heterocycles. The molecule has 0 unspecified atom stereocenters. The first-order valence-corrected chi connectivity index (χ1v) is 6.60. The van der Waals surface area contributed by atoms with Gasteiger partial charge in [0.1, 0.15) is 11.7 Å². The summed E-state index contributed by atoms with van der Waals surface area (Å²) >= 11 is 0. The number of nitrogens with zero attached hydrogens (tertiary/aromatic N) is 2. The highest BCUT2D eigenvalue weighted by molar-refractivity contribution is 5.94. The quantitative estimate of drug-likeness (QED) is 0.691. The minimum Gasteiger partial charge on any atom is -0.480 e. The molecule has 0 bridgehead atoms. The summed E-state index contributed by atoms with van der Waals surface area (Å²) in [6.45, 7) is 2.32. The van der Waals surface area contributed by atoms with E-state index in [1.165, 1.54) is 19.2 Å². The van der Waals surface area contributed by atoms with Crippen molar-refractivity contribution < 1.29 is 19.4 Å². The SMILES string of the molecule is CCC[C@@H](NC(=O)c1ccc(=O)n(CCOC)n1)C(=O)O. The molecule has 8 heteroatoms. The number of ether oxygens (including phenoxy) is 1. The number of nitrogens with one attached hydrogen (secondary N) is 1. The van der Waals surface area contributed by atoms with E-state index < -0.39 is 17.9 Å². The van der Waals surface area contributed by atoms with Crippen LogP contribution in [0.1, 0.15) is 30.3 Å². The van der Waals surface area contributed by atoms with Crippen molar-refractivity contribution in [3.8, 4) is 0 Å². The summed E-state index contributed by atoms with van der Waals surface area (Å²) in [5.74, 6) is -1.72. The van der Waals surface area contributed by atoms with Gasteiger partial charge in [0.25, 0.3) is 11.5 Å². The average molecular weight is 297 g/mol. The van der Waals surface area contributed by atoms with E-state index in [9.17, 15) is 14.4 Å². The third-order valence-corrected chi connectivity index (χ3v) is 2.79. The molecule has 2 N–H and O–H groups in total. The van der Waals surface area contributed by atoms with E-state index >= 15 is 0 Å². The first-order chi connectivity index (χ1) is 9.99. The Labute approximate surface area is 121 Å². The van der Waals surface area contributed by atoms with Crippen molar-refractivity contribution in [3.05, 3.63) is 28.2 Å². The van der Waals surface area contributed by atoms with Gasteiger partial charge in [0.2, 0.25) is 0 Å². The minimum atomic E-state index is -1.10. The molecule has 0 spiro atoms. The highest BCUT2D eigenvalue weighted by atomic mass is 16.5. The zero-order chi connectivity index (χ0) is 15.8. The van der Waals surface area contributed by atoms with Crippen LogP contribution >= 0.6 is 0 Å². The number of aromatic nitrogens is 2. The molecule has 1 amide bonds. The predicted molar refractivity (Wildman–Crippen MR) is 74.2 cm³/mol. The molecular weight excluding hydrogens is 278 g/mol. The lowest BCUT2D eigenvalue weighted by molar-refractivity contribution is -0.139. The van der Waals surface area contributed by atoms with E-state index in [0.717, 1.165) is 4.68 Å². The summed E-state index contributed by atoms with van der Waals surface area (Å²) in [6, 6.07) is 1.52. The van der Waals surface area contributed by atoms with Crippen molar-refractivity contribution in [2.75, 3.05) is 13.7 Å². The standard InChI is InChI=1S/C13H19N3O5/c1-3-4-10(13(19)20)14-12(18)9-5-6-11(17)16(15-9)7-8-21-2/h5-6,10H,3-4,7-8H2,1-2H3,(H,14,18)(H,19,20)/t10-/m1/s1. The van der Waals surface area contributed by atoms with Gasteiger partial charge in [-0.05, 0) is 12.5 Å². The highest BCUT2D eigenvalue weighted by Crippen LogP contribution is 1.99. The number of amides is 1. The Morgan fingerprint density at radius 1 is 1.48 bits per heavy atom. The van der Waals surface area contributed by atoms with Gasteiger partial charge >= 0.3 is 5.97 Å². The molecule has 0 saturated heterocycles. The smallest absolute Gasteiger partial charge is 0.326 e. The van der Waals surface area contributed by atoms with Gasteiger partial charge in [-0.1, -0.05) is 13.3 Å². The van der Waals surface area contributed by atoms with Crippen LogP contribution in [-0.4, -0.2) is 46.5 Å². The molecule has 116 valence electrons. The number of hydrogen-bond acceptors (Lipinski definition) is 5. The molecule has 0 saturated carbocycles. The molecule has 1 heterocycles. The Hall–Kier alpha value is -2.22. The van der Waals surface area contributed by atoms with E-state index in [0.29, 0.717) is 12.8 Å². The van der Waals surface area contributed by atoms with Gasteiger partial charge in [-0.15, -0.1) is 0 Å². The first kappa shape index (κ1) is 16.8. The summed E-state index contributed by atoms with van der Waals surface area (Å²) in [5, 5.41) is 15.3. The van der Waals surface area contributed by atoms with Crippen LogP contribution in [-0.2, 0) is 16.1 Å². The van der Waals surface area contributed by atoms with Crippen LogP contribution in [0.3, 0.4) is 0 Å². The molecule has 8 nitrogen and oxygen atoms in total. The van der Waals surface area contributed by atoms with Gasteiger partial charge in [-0.3, -0.25) is 9.59 Å². The predicted octanol–water partition coefficient (Wildman–Crippen LogP) is -0.127. The summed E-state index contributed by atoms with van der Waals surface area (Å²) < 4.78 is 5.96. The Balaban J connectivity index is 2.86. The molecule has 0 aliphatic rings. The fraction of sp³-hybridized carbons (Fsp3) is 0.538. The molecular formula is C13H19N3O5. The summed E-state index contributed by atoms with van der Waals surface area (Å²) in [4.78, 5) is 34.6. The molecule has 21 heavy (non-hydrogen) atoms. The molecule has 0 aliphatic heterocycles. The zero-order valence-corrected chi connectivity index (χ0v) is 12.0. The number of hydrogen-bond donors (Lipinski definition) is 2. The second kappa shape index (κ2) is 8.15. The van der Waals surface area contributed by atoms with Gasteiger partial charge in [0, 0.05) is 13.2 Å². The lowest BCUT2D eigenvalue weighted by Gasteiger charge is -2.13. The van der Waals surface area contributed by atoms with E-state index in [-0.39, 0.29) is 24.4 Å². The Kier molecular flexibility index (Phi) is 6.54. The van der Waals surface area contributed by atoms with Crippen molar-refractivity contribution in [2.45, 2.75) is 32.4 Å². The van der Waals surface area contributed by atoms with Crippen LogP contribution in [0.2, 0.25) is 0 Å². The third-order valence-electron chi connectivity index (χ3n) is 2.79. The van der Waals surface area contributed by atoms with Gasteiger partial charge in [0.15, 0.2) is 0 Å².